The number of nitrogens with zero attached hydrogens (tertiary/aromatic N) is 6. The van der Waals surface area contributed by atoms with Crippen molar-refractivity contribution in [2.24, 2.45) is 0 Å². The molecule has 7 nitrogen and oxygen atoms in total. The van der Waals surface area contributed by atoms with Crippen molar-refractivity contribution in [3.8, 4) is 23.3 Å². The number of aliphatic hydroxyl groups is 1. The van der Waals surface area contributed by atoms with E-state index in [1.807, 2.05) is 36.1 Å². The van der Waals surface area contributed by atoms with Gasteiger partial charge in [0.05, 0.1) is 41.2 Å². The van der Waals surface area contributed by atoms with E-state index in [0.717, 1.165) is 47.4 Å². The number of pyridine rings is 1. The van der Waals surface area contributed by atoms with Crippen LogP contribution in [-0.4, -0.2) is 30.6 Å². The maximum absolute atomic E-state index is 13.7. The van der Waals surface area contributed by atoms with E-state index in [-0.39, 0.29) is 17.7 Å². The fourth-order valence-corrected chi connectivity index (χ4v) is 5.64. The zero-order valence-corrected chi connectivity index (χ0v) is 19.3. The molecule has 1 saturated carbocycles. The number of rotatable bonds is 4. The molecule has 3 heterocycles. The Kier molecular flexibility index (Phi) is 5.82. The summed E-state index contributed by atoms with van der Waals surface area (Å²) in [5.74, 6) is -0.472. The van der Waals surface area contributed by atoms with Gasteiger partial charge in [-0.1, -0.05) is 11.8 Å². The van der Waals surface area contributed by atoms with Gasteiger partial charge in [-0.25, -0.2) is 8.91 Å². The smallest absolute Gasteiger partial charge is 0.124 e. The fourth-order valence-electron chi connectivity index (χ4n) is 4.57. The standard InChI is InChI=1S/C25H21FN6OS/c1-15-22(13-30-32(15)20-3-5-21(33)6-4-20)17-9-24(25-18(11-28)12-29-31(25)14-17)34-23-7-2-19(26)8-16(23)10-27/h2,7-9,12-14,20-21,33H,3-6H2,1H3. The molecule has 1 aliphatic rings. The Hall–Kier alpha value is -3.66. The molecule has 5 rings (SSSR count). The van der Waals surface area contributed by atoms with E-state index in [4.69, 9.17) is 0 Å². The summed E-state index contributed by atoms with van der Waals surface area (Å²) in [5, 5.41) is 38.0. The topological polar surface area (TPSA) is 103 Å². The van der Waals surface area contributed by atoms with Gasteiger partial charge in [-0.3, -0.25) is 4.68 Å². The van der Waals surface area contributed by atoms with Gasteiger partial charge in [-0.2, -0.15) is 20.7 Å². The highest BCUT2D eigenvalue weighted by Crippen LogP contribution is 2.38. The molecule has 0 unspecified atom stereocenters. The molecule has 0 aliphatic heterocycles. The zero-order valence-electron chi connectivity index (χ0n) is 18.4. The molecule has 0 saturated heterocycles. The lowest BCUT2D eigenvalue weighted by atomic mass is 9.93. The minimum absolute atomic E-state index is 0.229. The molecule has 0 spiro atoms. The third-order valence-electron chi connectivity index (χ3n) is 6.35. The Balaban J connectivity index is 1.60. The minimum Gasteiger partial charge on any atom is -0.393 e. The quantitative estimate of drug-likeness (QED) is 0.448. The van der Waals surface area contributed by atoms with Crippen molar-refractivity contribution in [3.63, 3.8) is 0 Å². The average Bonchev–Trinajstić information content (AvgIpc) is 3.44. The summed E-state index contributed by atoms with van der Waals surface area (Å²) in [4.78, 5) is 1.34. The lowest BCUT2D eigenvalue weighted by molar-refractivity contribution is 0.107. The van der Waals surface area contributed by atoms with E-state index in [2.05, 4.69) is 16.3 Å². The number of nitriles is 2. The van der Waals surface area contributed by atoms with Crippen LogP contribution in [0.1, 0.15) is 48.5 Å². The van der Waals surface area contributed by atoms with Crippen molar-refractivity contribution >= 4 is 17.3 Å². The first kappa shape index (κ1) is 22.1. The summed E-state index contributed by atoms with van der Waals surface area (Å²) in [6.07, 6.45) is 8.31. The molecule has 34 heavy (non-hydrogen) atoms. The van der Waals surface area contributed by atoms with Gasteiger partial charge in [0.25, 0.3) is 0 Å². The Morgan fingerprint density at radius 1 is 1.03 bits per heavy atom. The van der Waals surface area contributed by atoms with Crippen molar-refractivity contribution in [1.29, 1.82) is 10.5 Å². The second-order valence-corrected chi connectivity index (χ2v) is 9.54. The van der Waals surface area contributed by atoms with Gasteiger partial charge in [-0.15, -0.1) is 0 Å². The Bertz CT molecular complexity index is 1470. The molecule has 3 aromatic heterocycles. The van der Waals surface area contributed by atoms with Crippen LogP contribution in [0.5, 0.6) is 0 Å². The molecule has 4 aromatic rings. The van der Waals surface area contributed by atoms with Gasteiger partial charge in [0, 0.05) is 32.8 Å². The van der Waals surface area contributed by atoms with Gasteiger partial charge in [0.2, 0.25) is 0 Å². The maximum atomic E-state index is 13.7. The van der Waals surface area contributed by atoms with E-state index in [0.29, 0.717) is 16.0 Å². The van der Waals surface area contributed by atoms with E-state index in [9.17, 15) is 20.0 Å². The second kappa shape index (κ2) is 8.94. The molecule has 0 radical (unpaired) electrons. The van der Waals surface area contributed by atoms with E-state index in [1.54, 1.807) is 10.6 Å². The Morgan fingerprint density at radius 3 is 2.53 bits per heavy atom. The van der Waals surface area contributed by atoms with Crippen molar-refractivity contribution in [2.75, 3.05) is 0 Å². The molecule has 1 aromatic carbocycles. The second-order valence-electron chi connectivity index (χ2n) is 8.46. The van der Waals surface area contributed by atoms with E-state index < -0.39 is 5.82 Å². The highest BCUT2D eigenvalue weighted by atomic mass is 32.2. The highest BCUT2D eigenvalue weighted by Gasteiger charge is 2.24. The number of aliphatic hydroxyl groups excluding tert-OH is 1. The predicted molar refractivity (Wildman–Crippen MR) is 125 cm³/mol. The van der Waals surface area contributed by atoms with Gasteiger partial charge in [0.15, 0.2) is 0 Å². The average molecular weight is 473 g/mol. The zero-order chi connectivity index (χ0) is 23.8. The van der Waals surface area contributed by atoms with Crippen molar-refractivity contribution < 1.29 is 9.50 Å². The molecule has 0 amide bonds. The minimum atomic E-state index is -0.472. The lowest BCUT2D eigenvalue weighted by Gasteiger charge is -2.26. The molecule has 0 bridgehead atoms. The van der Waals surface area contributed by atoms with Crippen LogP contribution in [0.3, 0.4) is 0 Å². The third kappa shape index (κ3) is 3.94. The van der Waals surface area contributed by atoms with Gasteiger partial charge in [-0.05, 0) is 56.9 Å². The SMILES string of the molecule is Cc1c(-c2cc(Sc3ccc(F)cc3C#N)c3c(C#N)cnn3c2)cnn1C1CCC(O)CC1. The van der Waals surface area contributed by atoms with Gasteiger partial charge >= 0.3 is 0 Å². The first-order valence-corrected chi connectivity index (χ1v) is 11.8. The van der Waals surface area contributed by atoms with Crippen LogP contribution in [0, 0.1) is 35.4 Å². The summed E-state index contributed by atoms with van der Waals surface area (Å²) in [6, 6.07) is 10.5. The lowest BCUT2D eigenvalue weighted by Crippen LogP contribution is -2.22. The third-order valence-corrected chi connectivity index (χ3v) is 7.45. The van der Waals surface area contributed by atoms with Crippen LogP contribution < -0.4 is 0 Å². The summed E-state index contributed by atoms with van der Waals surface area (Å²) < 4.78 is 17.4. The Morgan fingerprint density at radius 2 is 1.79 bits per heavy atom. The van der Waals surface area contributed by atoms with E-state index >= 15 is 0 Å². The Labute approximate surface area is 200 Å². The monoisotopic (exact) mass is 472 g/mol. The number of aromatic nitrogens is 4. The largest absolute Gasteiger partial charge is 0.393 e. The molecule has 9 heteroatoms. The molecular weight excluding hydrogens is 451 g/mol. The molecule has 1 N–H and O–H groups in total. The summed E-state index contributed by atoms with van der Waals surface area (Å²) >= 11 is 1.30. The number of hydrogen-bond donors (Lipinski definition) is 1. The van der Waals surface area contributed by atoms with E-state index in [1.165, 1.54) is 30.1 Å². The number of fused-ring (bicyclic) bond motifs is 1. The van der Waals surface area contributed by atoms with Crippen LogP contribution in [-0.2, 0) is 0 Å². The van der Waals surface area contributed by atoms with Gasteiger partial charge in [0.1, 0.15) is 18.0 Å². The summed E-state index contributed by atoms with van der Waals surface area (Å²) in [5.41, 5.74) is 4.13. The predicted octanol–water partition coefficient (Wildman–Crippen LogP) is 5.02. The van der Waals surface area contributed by atoms with Crippen molar-refractivity contribution in [2.45, 2.75) is 54.5 Å². The van der Waals surface area contributed by atoms with Crippen LogP contribution in [0.25, 0.3) is 16.6 Å². The molecule has 1 aliphatic carbocycles. The number of halogens is 1. The fraction of sp³-hybridized carbons (Fsp3) is 0.280. The van der Waals surface area contributed by atoms with Crippen molar-refractivity contribution in [1.82, 2.24) is 19.4 Å². The first-order valence-electron chi connectivity index (χ1n) is 11.0. The number of hydrogen-bond acceptors (Lipinski definition) is 6. The highest BCUT2D eigenvalue weighted by molar-refractivity contribution is 7.99. The van der Waals surface area contributed by atoms with Crippen LogP contribution in [0.2, 0.25) is 0 Å². The van der Waals surface area contributed by atoms with Crippen LogP contribution in [0.4, 0.5) is 4.39 Å². The molecular formula is C25H21FN6OS. The normalized spacial score (nSPS) is 18.0. The summed E-state index contributed by atoms with van der Waals surface area (Å²) in [6.45, 7) is 2.03. The van der Waals surface area contributed by atoms with Gasteiger partial charge < -0.3 is 5.11 Å². The van der Waals surface area contributed by atoms with Crippen molar-refractivity contribution in [3.05, 3.63) is 65.5 Å². The van der Waals surface area contributed by atoms with Crippen LogP contribution >= 0.6 is 11.8 Å². The number of benzene rings is 1. The van der Waals surface area contributed by atoms with Crippen LogP contribution in [0.15, 0.2) is 52.6 Å². The first-order chi connectivity index (χ1) is 16.5. The maximum Gasteiger partial charge on any atom is 0.124 e. The molecule has 1 fully saturated rings. The molecule has 170 valence electrons. The molecule has 0 atom stereocenters. The summed E-state index contributed by atoms with van der Waals surface area (Å²) in [7, 11) is 0.